The molecule has 1 aromatic heterocycles. The molecule has 1 N–H and O–H groups in total. The first-order valence-corrected chi connectivity index (χ1v) is 9.60. The highest BCUT2D eigenvalue weighted by Gasteiger charge is 2.23. The van der Waals surface area contributed by atoms with Crippen LogP contribution in [0, 0.1) is 0 Å². The second-order valence-electron chi connectivity index (χ2n) is 6.04. The number of fused-ring (bicyclic) bond motifs is 1. The smallest absolute Gasteiger partial charge is 0.214 e. The van der Waals surface area contributed by atoms with Crippen LogP contribution in [-0.4, -0.2) is 43.3 Å². The lowest BCUT2D eigenvalue weighted by molar-refractivity contribution is 0.393. The van der Waals surface area contributed by atoms with E-state index in [1.165, 1.54) is 11.8 Å². The molecule has 2 aromatic carbocycles. The lowest BCUT2D eigenvalue weighted by atomic mass is 10.1. The van der Waals surface area contributed by atoms with Crippen LogP contribution in [0.5, 0.6) is 23.0 Å². The Kier molecular flexibility index (Phi) is 5.22. The zero-order valence-electron chi connectivity index (χ0n) is 16.4. The summed E-state index contributed by atoms with van der Waals surface area (Å²) < 4.78 is 23.5. The third kappa shape index (κ3) is 3.44. The lowest BCUT2D eigenvalue weighted by Gasteiger charge is -2.21. The van der Waals surface area contributed by atoms with Crippen LogP contribution in [0.15, 0.2) is 47.0 Å². The van der Waals surface area contributed by atoms with Gasteiger partial charge in [-0.15, -0.1) is 10.2 Å². The summed E-state index contributed by atoms with van der Waals surface area (Å²) in [5, 5.41) is 11.3. The molecule has 0 radical (unpaired) electrons. The van der Waals surface area contributed by atoms with E-state index in [1.807, 2.05) is 46.5 Å². The summed E-state index contributed by atoms with van der Waals surface area (Å²) in [6.07, 6.45) is 0. The molecule has 8 nitrogen and oxygen atoms in total. The molecule has 0 fully saturated rings. The van der Waals surface area contributed by atoms with E-state index in [2.05, 4.69) is 15.6 Å². The quantitative estimate of drug-likeness (QED) is 0.658. The Balaban J connectivity index is 1.72. The van der Waals surface area contributed by atoms with E-state index in [9.17, 15) is 0 Å². The highest BCUT2D eigenvalue weighted by Crippen LogP contribution is 2.38. The minimum Gasteiger partial charge on any atom is -0.497 e. The molecule has 29 heavy (non-hydrogen) atoms. The first-order valence-electron chi connectivity index (χ1n) is 8.72. The molecule has 0 saturated carbocycles. The summed E-state index contributed by atoms with van der Waals surface area (Å²) in [6, 6.07) is 11.2. The molecule has 1 aliphatic heterocycles. The van der Waals surface area contributed by atoms with Crippen molar-refractivity contribution in [3.63, 3.8) is 0 Å². The summed E-state index contributed by atoms with van der Waals surface area (Å²) in [4.78, 5) is 0. The fourth-order valence-corrected chi connectivity index (χ4v) is 3.74. The summed E-state index contributed by atoms with van der Waals surface area (Å²) in [5.41, 5.74) is 5.92. The van der Waals surface area contributed by atoms with Gasteiger partial charge in [0.1, 0.15) is 23.0 Å². The molecule has 0 atom stereocenters. The van der Waals surface area contributed by atoms with Crippen LogP contribution in [0.2, 0.25) is 0 Å². The summed E-state index contributed by atoms with van der Waals surface area (Å²) in [7, 11) is 6.49. The fourth-order valence-electron chi connectivity index (χ4n) is 3.01. The van der Waals surface area contributed by atoms with Crippen LogP contribution >= 0.6 is 11.8 Å². The molecule has 9 heteroatoms. The Labute approximate surface area is 172 Å². The number of nitrogens with zero attached hydrogens (tertiary/aromatic N) is 3. The number of methoxy groups -OCH3 is 4. The fraction of sp³-hybridized carbons (Fsp3) is 0.200. The maximum Gasteiger partial charge on any atom is 0.214 e. The third-order valence-electron chi connectivity index (χ3n) is 4.50. The zero-order valence-corrected chi connectivity index (χ0v) is 17.2. The topological polar surface area (TPSA) is 79.7 Å². The van der Waals surface area contributed by atoms with Gasteiger partial charge in [-0.25, -0.2) is 4.68 Å². The molecule has 150 valence electrons. The van der Waals surface area contributed by atoms with Gasteiger partial charge >= 0.3 is 0 Å². The number of ether oxygens (including phenoxy) is 4. The number of rotatable bonds is 6. The van der Waals surface area contributed by atoms with Gasteiger partial charge in [0.2, 0.25) is 5.16 Å². The second-order valence-corrected chi connectivity index (χ2v) is 6.87. The van der Waals surface area contributed by atoms with Gasteiger partial charge in [-0.3, -0.25) is 5.43 Å². The highest BCUT2D eigenvalue weighted by molar-refractivity contribution is 8.02. The van der Waals surface area contributed by atoms with Crippen molar-refractivity contribution >= 4 is 17.5 Å². The van der Waals surface area contributed by atoms with Crippen molar-refractivity contribution in [1.82, 2.24) is 14.9 Å². The molecule has 2 heterocycles. The summed E-state index contributed by atoms with van der Waals surface area (Å²) in [5.74, 6) is 3.40. The van der Waals surface area contributed by atoms with Crippen molar-refractivity contribution in [2.24, 2.45) is 0 Å². The van der Waals surface area contributed by atoms with E-state index in [-0.39, 0.29) is 0 Å². The van der Waals surface area contributed by atoms with Crippen molar-refractivity contribution in [2.45, 2.75) is 5.16 Å². The maximum absolute atomic E-state index is 5.54. The van der Waals surface area contributed by atoms with E-state index < -0.39 is 0 Å². The molecule has 0 bridgehead atoms. The Morgan fingerprint density at radius 1 is 0.793 bits per heavy atom. The molecular formula is C20H20N4O4S. The Bertz CT molecular complexity index is 1080. The predicted molar refractivity (Wildman–Crippen MR) is 111 cm³/mol. The highest BCUT2D eigenvalue weighted by atomic mass is 32.2. The molecular weight excluding hydrogens is 392 g/mol. The SMILES string of the molecule is COc1ccc(C2=CSc3nnc(-c4ccc(OC)cc4OC)n3N2)c(OC)c1. The van der Waals surface area contributed by atoms with Gasteiger partial charge < -0.3 is 18.9 Å². The van der Waals surface area contributed by atoms with Crippen molar-refractivity contribution < 1.29 is 18.9 Å². The van der Waals surface area contributed by atoms with Crippen molar-refractivity contribution in [3.8, 4) is 34.4 Å². The average molecular weight is 412 g/mol. The van der Waals surface area contributed by atoms with E-state index in [1.54, 1.807) is 28.4 Å². The van der Waals surface area contributed by atoms with Crippen molar-refractivity contribution in [3.05, 3.63) is 47.4 Å². The predicted octanol–water partition coefficient (Wildman–Crippen LogP) is 3.63. The first-order chi connectivity index (χ1) is 14.2. The lowest BCUT2D eigenvalue weighted by Crippen LogP contribution is -2.19. The molecule has 4 rings (SSSR count). The Morgan fingerprint density at radius 2 is 1.41 bits per heavy atom. The van der Waals surface area contributed by atoms with E-state index in [4.69, 9.17) is 18.9 Å². The molecule has 3 aromatic rings. The van der Waals surface area contributed by atoms with Crippen molar-refractivity contribution in [2.75, 3.05) is 33.9 Å². The van der Waals surface area contributed by atoms with Gasteiger partial charge in [0.15, 0.2) is 5.82 Å². The van der Waals surface area contributed by atoms with Gasteiger partial charge in [0, 0.05) is 23.1 Å². The maximum atomic E-state index is 5.54. The normalized spacial score (nSPS) is 12.5. The van der Waals surface area contributed by atoms with Gasteiger partial charge in [-0.05, 0) is 24.3 Å². The average Bonchev–Trinajstić information content (AvgIpc) is 3.21. The van der Waals surface area contributed by atoms with Crippen LogP contribution in [-0.2, 0) is 0 Å². The molecule has 0 spiro atoms. The third-order valence-corrected chi connectivity index (χ3v) is 5.32. The number of benzene rings is 2. The van der Waals surface area contributed by atoms with Crippen LogP contribution in [0.1, 0.15) is 5.56 Å². The molecule has 0 saturated heterocycles. The standard InChI is InChI=1S/C20H20N4O4S/c1-25-12-5-7-14(17(9-12)27-3)16-11-29-20-22-21-19(24(20)23-16)15-8-6-13(26-2)10-18(15)28-4/h5-11,23H,1-4H3. The number of hydrogen-bond acceptors (Lipinski definition) is 8. The summed E-state index contributed by atoms with van der Waals surface area (Å²) >= 11 is 1.47. The molecule has 0 aliphatic carbocycles. The molecule has 1 aliphatic rings. The van der Waals surface area contributed by atoms with E-state index >= 15 is 0 Å². The van der Waals surface area contributed by atoms with E-state index in [0.717, 1.165) is 22.6 Å². The number of hydrogen-bond donors (Lipinski definition) is 1. The van der Waals surface area contributed by atoms with E-state index in [0.29, 0.717) is 28.2 Å². The molecule has 0 amide bonds. The van der Waals surface area contributed by atoms with Crippen LogP contribution < -0.4 is 24.4 Å². The van der Waals surface area contributed by atoms with Crippen LogP contribution in [0.4, 0.5) is 0 Å². The zero-order chi connectivity index (χ0) is 20.4. The molecule has 0 unspecified atom stereocenters. The van der Waals surface area contributed by atoms with Gasteiger partial charge in [0.05, 0.1) is 39.7 Å². The number of thioether (sulfide) groups is 1. The van der Waals surface area contributed by atoms with Gasteiger partial charge in [0.25, 0.3) is 0 Å². The van der Waals surface area contributed by atoms with Gasteiger partial charge in [-0.2, -0.15) is 0 Å². The largest absolute Gasteiger partial charge is 0.497 e. The Morgan fingerprint density at radius 3 is 2.03 bits per heavy atom. The minimum atomic E-state index is 0.630. The Hall–Kier alpha value is -3.33. The summed E-state index contributed by atoms with van der Waals surface area (Å²) in [6.45, 7) is 0. The van der Waals surface area contributed by atoms with Crippen LogP contribution in [0.3, 0.4) is 0 Å². The van der Waals surface area contributed by atoms with Crippen molar-refractivity contribution in [1.29, 1.82) is 0 Å². The number of nitrogens with one attached hydrogen (secondary N) is 1. The number of aromatic nitrogens is 3. The first kappa shape index (κ1) is 19.0. The second kappa shape index (κ2) is 7.96. The minimum absolute atomic E-state index is 0.630. The van der Waals surface area contributed by atoms with Gasteiger partial charge in [-0.1, -0.05) is 11.8 Å². The van der Waals surface area contributed by atoms with Crippen LogP contribution in [0.25, 0.3) is 17.1 Å². The monoisotopic (exact) mass is 412 g/mol.